The molecule has 0 aliphatic carbocycles. The van der Waals surface area contributed by atoms with Gasteiger partial charge in [0.2, 0.25) is 0 Å². The summed E-state index contributed by atoms with van der Waals surface area (Å²) in [6, 6.07) is 86.4. The summed E-state index contributed by atoms with van der Waals surface area (Å²) < 4.78 is 7.31. The van der Waals surface area contributed by atoms with E-state index < -0.39 is 0 Å². The molecule has 4 heterocycles. The van der Waals surface area contributed by atoms with Crippen LogP contribution in [0.15, 0.2) is 243 Å². The highest BCUT2D eigenvalue weighted by Crippen LogP contribution is 2.44. The zero-order chi connectivity index (χ0) is 45.4. The topological polar surface area (TPSA) is 53.5 Å². The van der Waals surface area contributed by atoms with Gasteiger partial charge in [0.05, 0.1) is 33.1 Å². The van der Waals surface area contributed by atoms with Crippen LogP contribution < -0.4 is 0 Å². The van der Waals surface area contributed by atoms with E-state index in [1.165, 1.54) is 43.4 Å². The number of para-hydroxylation sites is 4. The van der Waals surface area contributed by atoms with E-state index in [4.69, 9.17) is 15.0 Å². The molecule has 6 nitrogen and oxygen atoms in total. The van der Waals surface area contributed by atoms with Crippen molar-refractivity contribution in [2.24, 2.45) is 0 Å². The molecule has 0 saturated heterocycles. The minimum Gasteiger partial charge on any atom is -0.309 e. The van der Waals surface area contributed by atoms with E-state index in [1.54, 1.807) is 0 Å². The number of benzene rings is 10. The Hall–Kier alpha value is -9.39. The van der Waals surface area contributed by atoms with E-state index >= 15 is 0 Å². The number of rotatable bonds is 7. The fraction of sp³-hybridized carbons (Fsp3) is 0. The van der Waals surface area contributed by atoms with Gasteiger partial charge in [-0.3, -0.25) is 0 Å². The van der Waals surface area contributed by atoms with Crippen molar-refractivity contribution in [3.63, 3.8) is 0 Å². The molecule has 6 heteroatoms. The molecule has 69 heavy (non-hydrogen) atoms. The summed E-state index contributed by atoms with van der Waals surface area (Å²) in [5, 5.41) is 7.23. The summed E-state index contributed by atoms with van der Waals surface area (Å²) in [5.41, 5.74) is 15.1. The maximum Gasteiger partial charge on any atom is 0.164 e. The number of nitrogens with zero attached hydrogens (tertiary/aromatic N) is 6. The van der Waals surface area contributed by atoms with Gasteiger partial charge in [-0.15, -0.1) is 0 Å². The Morgan fingerprint density at radius 3 is 1.32 bits per heavy atom. The van der Waals surface area contributed by atoms with Crippen molar-refractivity contribution in [3.8, 4) is 62.4 Å². The lowest BCUT2D eigenvalue weighted by Crippen LogP contribution is -2.02. The van der Waals surface area contributed by atoms with Crippen molar-refractivity contribution in [3.05, 3.63) is 243 Å². The summed E-state index contributed by atoms with van der Waals surface area (Å²) in [6.07, 6.45) is 0. The molecule has 14 rings (SSSR count). The van der Waals surface area contributed by atoms with Gasteiger partial charge in [0, 0.05) is 66.1 Å². The summed E-state index contributed by atoms with van der Waals surface area (Å²) in [7, 11) is 0. The Labute approximate surface area is 397 Å². The Balaban J connectivity index is 1.08. The molecule has 4 aromatic heterocycles. The molecule has 0 fully saturated rings. The van der Waals surface area contributed by atoms with E-state index in [-0.39, 0.29) is 0 Å². The monoisotopic (exact) mass is 880 g/mol. The van der Waals surface area contributed by atoms with Crippen LogP contribution in [0.1, 0.15) is 0 Å². The summed E-state index contributed by atoms with van der Waals surface area (Å²) in [6.45, 7) is 0. The van der Waals surface area contributed by atoms with Crippen LogP contribution in [0.4, 0.5) is 0 Å². The first-order valence-corrected chi connectivity index (χ1v) is 23.4. The van der Waals surface area contributed by atoms with Crippen molar-refractivity contribution in [1.82, 2.24) is 28.7 Å². The average molecular weight is 881 g/mol. The first kappa shape index (κ1) is 38.8. The van der Waals surface area contributed by atoms with Crippen LogP contribution in [0.5, 0.6) is 0 Å². The third-order valence-corrected chi connectivity index (χ3v) is 13.7. The minimum atomic E-state index is 0.611. The number of hydrogen-bond acceptors (Lipinski definition) is 3. The van der Waals surface area contributed by atoms with Crippen molar-refractivity contribution >= 4 is 65.4 Å². The van der Waals surface area contributed by atoms with Crippen molar-refractivity contribution < 1.29 is 0 Å². The van der Waals surface area contributed by atoms with Gasteiger partial charge in [-0.1, -0.05) is 170 Å². The Morgan fingerprint density at radius 1 is 0.246 bits per heavy atom. The van der Waals surface area contributed by atoms with Gasteiger partial charge in [-0.25, -0.2) is 15.0 Å². The van der Waals surface area contributed by atoms with Crippen molar-refractivity contribution in [1.29, 1.82) is 0 Å². The first-order valence-electron chi connectivity index (χ1n) is 23.4. The highest BCUT2D eigenvalue weighted by atomic mass is 15.0. The lowest BCUT2D eigenvalue weighted by atomic mass is 9.98. The largest absolute Gasteiger partial charge is 0.309 e. The number of aromatic nitrogens is 6. The molecule has 0 aliphatic heterocycles. The quantitative estimate of drug-likeness (QED) is 0.160. The Kier molecular flexibility index (Phi) is 8.79. The molecule has 322 valence electrons. The van der Waals surface area contributed by atoms with Crippen LogP contribution in [0, 0.1) is 0 Å². The molecule has 0 bridgehead atoms. The normalized spacial score (nSPS) is 11.8. The predicted octanol–water partition coefficient (Wildman–Crippen LogP) is 15.8. The van der Waals surface area contributed by atoms with E-state index in [0.717, 1.165) is 66.9 Å². The van der Waals surface area contributed by atoms with Crippen LogP contribution in [0.2, 0.25) is 0 Å². The van der Waals surface area contributed by atoms with Crippen LogP contribution in [0.3, 0.4) is 0 Å². The van der Waals surface area contributed by atoms with Crippen molar-refractivity contribution in [2.75, 3.05) is 0 Å². The maximum absolute atomic E-state index is 5.23. The smallest absolute Gasteiger partial charge is 0.164 e. The fourth-order valence-corrected chi connectivity index (χ4v) is 10.7. The van der Waals surface area contributed by atoms with E-state index in [9.17, 15) is 0 Å². The molecular weight excluding hydrogens is 841 g/mol. The standard InChI is InChI=1S/C63H40N6/c1-5-19-41(20-6-1)52-39-46(33-35-50(52)63-65-61(42-21-7-2-8-22-42)64-62(66-63)43-23-9-3-10-24-43)69-57-37-34-45(68-54-30-16-13-27-47(54)48-28-14-17-31-55(48)68)40-53(57)49-36-38-58-59(60(49)69)51-29-15-18-32-56(51)67(58)44-25-11-4-12-26-44/h1-40H. The highest BCUT2D eigenvalue weighted by Gasteiger charge is 2.24. The van der Waals surface area contributed by atoms with Gasteiger partial charge in [0.15, 0.2) is 17.5 Å². The predicted molar refractivity (Wildman–Crippen MR) is 285 cm³/mol. The SMILES string of the molecule is c1ccc(-c2nc(-c3ccccc3)nc(-c3ccc(-n4c5ccc(-n6c7ccccc7c7ccccc76)cc5c5ccc6c(c7ccccc7n6-c6ccccc6)c54)cc3-c3ccccc3)n2)cc1. The van der Waals surface area contributed by atoms with Crippen LogP contribution in [0.25, 0.3) is 128 Å². The van der Waals surface area contributed by atoms with E-state index in [2.05, 4.69) is 220 Å². The maximum atomic E-state index is 5.23. The van der Waals surface area contributed by atoms with E-state index in [0.29, 0.717) is 17.5 Å². The second kappa shape index (κ2) is 15.6. The average Bonchev–Trinajstić information content (AvgIpc) is 4.07. The molecule has 0 radical (unpaired) electrons. The molecule has 0 amide bonds. The first-order chi connectivity index (χ1) is 34.2. The molecule has 10 aromatic carbocycles. The molecule has 0 atom stereocenters. The fourth-order valence-electron chi connectivity index (χ4n) is 10.7. The van der Waals surface area contributed by atoms with Gasteiger partial charge < -0.3 is 13.7 Å². The molecule has 0 N–H and O–H groups in total. The third-order valence-electron chi connectivity index (χ3n) is 13.7. The molecule has 0 aliphatic rings. The van der Waals surface area contributed by atoms with Gasteiger partial charge in [-0.2, -0.15) is 0 Å². The summed E-state index contributed by atoms with van der Waals surface area (Å²) in [4.78, 5) is 15.5. The Bertz CT molecular complexity index is 4170. The second-order valence-electron chi connectivity index (χ2n) is 17.6. The van der Waals surface area contributed by atoms with Crippen LogP contribution in [-0.4, -0.2) is 28.7 Å². The second-order valence-corrected chi connectivity index (χ2v) is 17.6. The zero-order valence-corrected chi connectivity index (χ0v) is 37.3. The lowest BCUT2D eigenvalue weighted by molar-refractivity contribution is 1.07. The minimum absolute atomic E-state index is 0.611. The van der Waals surface area contributed by atoms with Gasteiger partial charge >= 0.3 is 0 Å². The van der Waals surface area contributed by atoms with Gasteiger partial charge in [0.25, 0.3) is 0 Å². The molecular formula is C63H40N6. The highest BCUT2D eigenvalue weighted by molar-refractivity contribution is 6.26. The molecule has 14 aromatic rings. The Morgan fingerprint density at radius 2 is 0.696 bits per heavy atom. The lowest BCUT2D eigenvalue weighted by Gasteiger charge is -2.16. The third kappa shape index (κ3) is 6.16. The number of fused-ring (bicyclic) bond motifs is 10. The van der Waals surface area contributed by atoms with E-state index in [1.807, 2.05) is 36.4 Å². The summed E-state index contributed by atoms with van der Waals surface area (Å²) >= 11 is 0. The summed E-state index contributed by atoms with van der Waals surface area (Å²) in [5.74, 6) is 1.86. The zero-order valence-electron chi connectivity index (χ0n) is 37.3. The van der Waals surface area contributed by atoms with Gasteiger partial charge in [0.1, 0.15) is 0 Å². The van der Waals surface area contributed by atoms with Crippen LogP contribution in [-0.2, 0) is 0 Å². The van der Waals surface area contributed by atoms with Crippen molar-refractivity contribution in [2.45, 2.75) is 0 Å². The van der Waals surface area contributed by atoms with Gasteiger partial charge in [-0.05, 0) is 83.9 Å². The molecule has 0 unspecified atom stereocenters. The number of hydrogen-bond donors (Lipinski definition) is 0. The molecule has 0 saturated carbocycles. The van der Waals surface area contributed by atoms with Crippen LogP contribution >= 0.6 is 0 Å². The molecule has 0 spiro atoms.